The maximum Gasteiger partial charge on any atom is 0.352 e. The number of carboxylic acids is 1. The van der Waals surface area contributed by atoms with E-state index in [0.29, 0.717) is 36.4 Å². The lowest BCUT2D eigenvalue weighted by Crippen LogP contribution is -2.71. The molecule has 3 amide bonds. The lowest BCUT2D eigenvalue weighted by Gasteiger charge is -2.49. The van der Waals surface area contributed by atoms with Crippen LogP contribution in [0.25, 0.3) is 0 Å². The van der Waals surface area contributed by atoms with Crippen LogP contribution in [0, 0.1) is 0 Å². The van der Waals surface area contributed by atoms with Crippen molar-refractivity contribution in [1.29, 1.82) is 0 Å². The quantitative estimate of drug-likeness (QED) is 0.115. The minimum Gasteiger partial charge on any atom is -0.497 e. The van der Waals surface area contributed by atoms with Crippen LogP contribution in [0.15, 0.2) is 57.7 Å². The van der Waals surface area contributed by atoms with E-state index in [2.05, 4.69) is 15.5 Å². The molecule has 40 heavy (non-hydrogen) atoms. The number of methoxy groups -OCH3 is 1. The normalized spacial score (nSPS) is 21.9. The minimum absolute atomic E-state index is 0.0460. The van der Waals surface area contributed by atoms with Crippen molar-refractivity contribution in [3.05, 3.63) is 63.8 Å². The van der Waals surface area contributed by atoms with Crippen LogP contribution in [0.4, 0.5) is 5.13 Å². The topological polar surface area (TPSA) is 188 Å². The van der Waals surface area contributed by atoms with Crippen LogP contribution in [-0.4, -0.2) is 85.3 Å². The Bertz CT molecular complexity index is 1480. The second-order valence-electron chi connectivity index (χ2n) is 9.05. The Balaban J connectivity index is 1.30. The van der Waals surface area contributed by atoms with Crippen LogP contribution in [0.1, 0.15) is 17.7 Å². The summed E-state index contributed by atoms with van der Waals surface area (Å²) in [6.07, 6.45) is 2.00. The number of amides is 3. The number of thioether (sulfide) groups is 1. The third-order valence-electron chi connectivity index (χ3n) is 6.66. The maximum absolute atomic E-state index is 13.1. The highest BCUT2D eigenvalue weighted by atomic mass is 32.2. The first-order chi connectivity index (χ1) is 19.2. The highest BCUT2D eigenvalue weighted by molar-refractivity contribution is 8.00. The zero-order chi connectivity index (χ0) is 28.6. The monoisotopic (exact) mass is 584 g/mol. The fourth-order valence-electron chi connectivity index (χ4n) is 4.69. The first-order valence-electron chi connectivity index (χ1n) is 12.0. The lowest BCUT2D eigenvalue weighted by atomic mass is 10.0. The third kappa shape index (κ3) is 5.00. The number of carboxylic acid groups (broad SMARTS) is 1. The van der Waals surface area contributed by atoms with E-state index >= 15 is 0 Å². The molecular weight excluding hydrogens is 560 g/mol. The van der Waals surface area contributed by atoms with Gasteiger partial charge in [-0.3, -0.25) is 19.3 Å². The second kappa shape index (κ2) is 11.0. The van der Waals surface area contributed by atoms with Gasteiger partial charge in [-0.15, -0.1) is 23.1 Å². The van der Waals surface area contributed by atoms with E-state index in [0.717, 1.165) is 21.8 Å². The van der Waals surface area contributed by atoms with Crippen molar-refractivity contribution >= 4 is 57.6 Å². The minimum atomic E-state index is -1.31. The average Bonchev–Trinajstić information content (AvgIpc) is 3.52. The van der Waals surface area contributed by atoms with Gasteiger partial charge >= 0.3 is 5.97 Å². The highest BCUT2D eigenvalue weighted by Crippen LogP contribution is 2.41. The number of carbonyl (C=O) groups excluding carboxylic acids is 3. The number of hydrogen-bond donors (Lipinski definition) is 4. The maximum atomic E-state index is 13.1. The molecule has 2 fully saturated rings. The van der Waals surface area contributed by atoms with Gasteiger partial charge in [0, 0.05) is 29.8 Å². The number of nitrogens with one attached hydrogen (secondary N) is 1. The number of aliphatic carboxylic acids is 1. The number of anilines is 1. The first kappa shape index (κ1) is 27.2. The Morgan fingerprint density at radius 2 is 2.05 bits per heavy atom. The molecule has 0 aliphatic carbocycles. The molecular formula is C25H24N6O7S2. The summed E-state index contributed by atoms with van der Waals surface area (Å²) in [5.41, 5.74) is 6.72. The van der Waals surface area contributed by atoms with E-state index in [1.807, 2.05) is 24.3 Å². The zero-order valence-electron chi connectivity index (χ0n) is 21.1. The number of hydrogen-bond acceptors (Lipinski definition) is 11. The Labute approximate surface area is 236 Å². The first-order valence-corrected chi connectivity index (χ1v) is 13.9. The van der Waals surface area contributed by atoms with Crippen molar-refractivity contribution in [1.82, 2.24) is 20.1 Å². The van der Waals surface area contributed by atoms with Gasteiger partial charge in [0.2, 0.25) is 5.91 Å². The van der Waals surface area contributed by atoms with Gasteiger partial charge in [-0.25, -0.2) is 9.78 Å². The van der Waals surface area contributed by atoms with Crippen LogP contribution in [0.3, 0.4) is 0 Å². The number of fused-ring (bicyclic) bond motifs is 1. The van der Waals surface area contributed by atoms with Crippen molar-refractivity contribution in [2.24, 2.45) is 5.16 Å². The zero-order valence-corrected chi connectivity index (χ0v) is 22.7. The van der Waals surface area contributed by atoms with E-state index in [-0.39, 0.29) is 28.2 Å². The summed E-state index contributed by atoms with van der Waals surface area (Å²) in [7, 11) is 1.58. The van der Waals surface area contributed by atoms with Gasteiger partial charge in [-0.2, -0.15) is 0 Å². The van der Waals surface area contributed by atoms with Crippen molar-refractivity contribution in [3.63, 3.8) is 0 Å². The Kier molecular flexibility index (Phi) is 7.49. The molecule has 1 aromatic heterocycles. The van der Waals surface area contributed by atoms with Crippen molar-refractivity contribution in [3.8, 4) is 5.75 Å². The number of oxime groups is 1. The smallest absolute Gasteiger partial charge is 0.352 e. The summed E-state index contributed by atoms with van der Waals surface area (Å²) in [5, 5.41) is 25.7. The van der Waals surface area contributed by atoms with Gasteiger partial charge < -0.3 is 31.0 Å². The molecule has 13 nitrogen and oxygen atoms in total. The Morgan fingerprint density at radius 3 is 2.67 bits per heavy atom. The van der Waals surface area contributed by atoms with Crippen LogP contribution < -0.4 is 15.8 Å². The van der Waals surface area contributed by atoms with Gasteiger partial charge in [-0.1, -0.05) is 17.3 Å². The summed E-state index contributed by atoms with van der Waals surface area (Å²) >= 11 is 2.31. The molecule has 4 heterocycles. The standard InChI is InChI=1S/C25H24N6O7S2/c1-38-15-4-2-12(3-5-15)9-30-7-6-13(21(30)33)8-14-10-39-23-18(22(34)31(23)19(14)24(35)36)28-20(32)17(29-37)16-11-40-25(26)27-16/h2-5,8,11,18,23,37H,6-7,9-10H2,1H3,(H2,26,27)(H,28,32)(H,35,36)/b13-8+,29-17-/t18-,23-/m1/s1. The van der Waals surface area contributed by atoms with E-state index in [4.69, 9.17) is 10.5 Å². The number of benzene rings is 1. The molecule has 0 bridgehead atoms. The molecule has 2 aromatic rings. The van der Waals surface area contributed by atoms with Crippen LogP contribution in [0.2, 0.25) is 0 Å². The molecule has 3 aliphatic heterocycles. The molecule has 2 saturated heterocycles. The number of ether oxygens (including phenoxy) is 1. The molecule has 1 aromatic carbocycles. The summed E-state index contributed by atoms with van der Waals surface area (Å²) < 4.78 is 5.17. The predicted molar refractivity (Wildman–Crippen MR) is 146 cm³/mol. The van der Waals surface area contributed by atoms with Gasteiger partial charge in [0.1, 0.15) is 28.6 Å². The lowest BCUT2D eigenvalue weighted by molar-refractivity contribution is -0.150. The van der Waals surface area contributed by atoms with E-state index in [1.165, 1.54) is 17.1 Å². The van der Waals surface area contributed by atoms with E-state index in [9.17, 15) is 29.5 Å². The Morgan fingerprint density at radius 1 is 1.30 bits per heavy atom. The number of nitrogens with zero attached hydrogens (tertiary/aromatic N) is 4. The molecule has 3 aliphatic rings. The SMILES string of the molecule is COc1ccc(CN2CC/C(=C\C3=C(C(=O)O)N4C(=O)[C@@H](NC(=O)/C(=N\O)c5csc(N)n5)[C@H]4SC3)C2=O)cc1. The average molecular weight is 585 g/mol. The van der Waals surface area contributed by atoms with E-state index in [1.54, 1.807) is 18.1 Å². The van der Waals surface area contributed by atoms with Gasteiger partial charge in [0.05, 0.1) is 7.11 Å². The summed E-state index contributed by atoms with van der Waals surface area (Å²) in [5.74, 6) is -2.07. The van der Waals surface area contributed by atoms with Crippen LogP contribution in [-0.2, 0) is 25.7 Å². The number of carbonyl (C=O) groups is 4. The number of likely N-dealkylation sites (tertiary alicyclic amines) is 1. The number of nitrogens with two attached hydrogens (primary N) is 1. The number of β-lactam (4-membered cyclic amide) rings is 1. The number of thiazole rings is 1. The number of aromatic nitrogens is 1. The van der Waals surface area contributed by atoms with Gasteiger partial charge in [-0.05, 0) is 35.8 Å². The number of nitrogen functional groups attached to an aromatic ring is 1. The molecule has 5 rings (SSSR count). The molecule has 0 unspecified atom stereocenters. The second-order valence-corrected chi connectivity index (χ2v) is 11.0. The molecule has 5 N–H and O–H groups in total. The summed E-state index contributed by atoms with van der Waals surface area (Å²) in [6, 6.07) is 6.35. The largest absolute Gasteiger partial charge is 0.497 e. The summed E-state index contributed by atoms with van der Waals surface area (Å²) in [6.45, 7) is 0.888. The summed E-state index contributed by atoms with van der Waals surface area (Å²) in [4.78, 5) is 57.7. The van der Waals surface area contributed by atoms with Crippen LogP contribution >= 0.6 is 23.1 Å². The Hall–Kier alpha value is -4.37. The molecule has 0 spiro atoms. The van der Waals surface area contributed by atoms with Gasteiger partial charge in [0.25, 0.3) is 11.8 Å². The molecule has 15 heteroatoms. The molecule has 0 radical (unpaired) electrons. The van der Waals surface area contributed by atoms with E-state index < -0.39 is 34.9 Å². The number of allylic oxidation sites excluding steroid dienone is 1. The highest BCUT2D eigenvalue weighted by Gasteiger charge is 2.54. The molecule has 2 atom stereocenters. The molecule has 208 valence electrons. The number of rotatable bonds is 8. The van der Waals surface area contributed by atoms with Crippen molar-refractivity contribution in [2.75, 3.05) is 25.1 Å². The third-order valence-corrected chi connectivity index (χ3v) is 8.64. The fraction of sp³-hybridized carbons (Fsp3) is 0.280. The fourth-order valence-corrected chi connectivity index (χ4v) is 6.54. The predicted octanol–water partition coefficient (Wildman–Crippen LogP) is 1.01. The molecule has 0 saturated carbocycles. The van der Waals surface area contributed by atoms with Crippen LogP contribution in [0.5, 0.6) is 5.75 Å². The van der Waals surface area contributed by atoms with Crippen molar-refractivity contribution < 1.29 is 34.2 Å². The van der Waals surface area contributed by atoms with Crippen molar-refractivity contribution in [2.45, 2.75) is 24.4 Å². The van der Waals surface area contributed by atoms with Gasteiger partial charge in [0.15, 0.2) is 10.8 Å².